The average molecular weight is 323 g/mol. The highest BCUT2D eigenvalue weighted by molar-refractivity contribution is 6.07. The zero-order valence-electron chi connectivity index (χ0n) is 13.3. The predicted molar refractivity (Wildman–Crippen MR) is 90.8 cm³/mol. The van der Waals surface area contributed by atoms with Crippen molar-refractivity contribution in [2.24, 2.45) is 5.73 Å². The molecule has 2 heterocycles. The van der Waals surface area contributed by atoms with Crippen LogP contribution in [0.4, 0.5) is 5.69 Å². The molecule has 0 aliphatic heterocycles. The van der Waals surface area contributed by atoms with Crippen molar-refractivity contribution in [2.45, 2.75) is 13.8 Å². The fourth-order valence-electron chi connectivity index (χ4n) is 2.34. The number of hydrogen-bond acceptors (Lipinski definition) is 3. The van der Waals surface area contributed by atoms with Crippen LogP contribution < -0.4 is 11.1 Å². The molecule has 2 aromatic heterocycles. The number of rotatable bonds is 4. The highest BCUT2D eigenvalue weighted by Gasteiger charge is 2.15. The first-order chi connectivity index (χ1) is 11.5. The van der Waals surface area contributed by atoms with Crippen LogP contribution in [0.25, 0.3) is 11.4 Å². The lowest BCUT2D eigenvalue weighted by Gasteiger charge is -2.08. The molecule has 0 aliphatic rings. The molecule has 0 fully saturated rings. The molecule has 3 aromatic rings. The summed E-state index contributed by atoms with van der Waals surface area (Å²) in [6, 6.07) is 8.79. The molecule has 7 heteroatoms. The molecule has 24 heavy (non-hydrogen) atoms. The van der Waals surface area contributed by atoms with Crippen LogP contribution in [0.5, 0.6) is 0 Å². The minimum Gasteiger partial charge on any atom is -0.364 e. The van der Waals surface area contributed by atoms with E-state index in [-0.39, 0.29) is 11.6 Å². The molecular weight excluding hydrogens is 306 g/mol. The molecule has 0 bridgehead atoms. The Labute approximate surface area is 138 Å². The number of nitrogens with one attached hydrogen (secondary N) is 3. The molecule has 0 spiro atoms. The molecule has 5 N–H and O–H groups in total. The fraction of sp³-hybridized carbons (Fsp3) is 0.118. The Morgan fingerprint density at radius 2 is 1.96 bits per heavy atom. The van der Waals surface area contributed by atoms with Gasteiger partial charge in [-0.05, 0) is 32.0 Å². The van der Waals surface area contributed by atoms with Crippen molar-refractivity contribution in [1.82, 2.24) is 15.0 Å². The summed E-state index contributed by atoms with van der Waals surface area (Å²) in [6.07, 6.45) is 1.44. The lowest BCUT2D eigenvalue weighted by atomic mass is 10.1. The highest BCUT2D eigenvalue weighted by Crippen LogP contribution is 2.26. The van der Waals surface area contributed by atoms with Gasteiger partial charge >= 0.3 is 0 Å². The standard InChI is InChI=1S/C17H17N5O2/c1-9-10(2)21-16(20-9)12-5-3-4-6-13(12)22-17(24)11-7-14(15(18)23)19-8-11/h3-8,19H,1-2H3,(H2,18,23)(H,20,21)(H,22,24). The maximum atomic E-state index is 12.4. The van der Waals surface area contributed by atoms with Gasteiger partial charge in [0.25, 0.3) is 11.8 Å². The molecular formula is C17H17N5O2. The predicted octanol–water partition coefficient (Wildman–Crippen LogP) is 2.37. The van der Waals surface area contributed by atoms with Gasteiger partial charge in [-0.25, -0.2) is 4.98 Å². The number of para-hydroxylation sites is 1. The summed E-state index contributed by atoms with van der Waals surface area (Å²) in [7, 11) is 0. The van der Waals surface area contributed by atoms with Gasteiger partial charge in [-0.3, -0.25) is 9.59 Å². The molecule has 122 valence electrons. The summed E-state index contributed by atoms with van der Waals surface area (Å²) < 4.78 is 0. The van der Waals surface area contributed by atoms with Gasteiger partial charge in [0.1, 0.15) is 11.5 Å². The van der Waals surface area contributed by atoms with E-state index in [0.29, 0.717) is 17.1 Å². The van der Waals surface area contributed by atoms with E-state index in [9.17, 15) is 9.59 Å². The molecule has 0 unspecified atom stereocenters. The van der Waals surface area contributed by atoms with Crippen LogP contribution >= 0.6 is 0 Å². The van der Waals surface area contributed by atoms with Gasteiger partial charge in [0.2, 0.25) is 0 Å². The number of aromatic nitrogens is 3. The van der Waals surface area contributed by atoms with Crippen molar-refractivity contribution >= 4 is 17.5 Å². The van der Waals surface area contributed by atoms with Crippen LogP contribution in [0.2, 0.25) is 0 Å². The normalized spacial score (nSPS) is 10.6. The second kappa shape index (κ2) is 6.04. The fourth-order valence-corrected chi connectivity index (χ4v) is 2.34. The van der Waals surface area contributed by atoms with Crippen LogP contribution in [-0.4, -0.2) is 26.8 Å². The Morgan fingerprint density at radius 3 is 2.58 bits per heavy atom. The van der Waals surface area contributed by atoms with Crippen LogP contribution in [0.1, 0.15) is 32.2 Å². The summed E-state index contributed by atoms with van der Waals surface area (Å²) in [4.78, 5) is 33.9. The molecule has 0 atom stereocenters. The van der Waals surface area contributed by atoms with E-state index >= 15 is 0 Å². The number of aromatic amines is 2. The highest BCUT2D eigenvalue weighted by atomic mass is 16.2. The number of carbonyl (C=O) groups is 2. The first kappa shape index (κ1) is 15.5. The number of imidazole rings is 1. The van der Waals surface area contributed by atoms with Crippen LogP contribution in [-0.2, 0) is 0 Å². The number of carbonyl (C=O) groups excluding carboxylic acids is 2. The maximum Gasteiger partial charge on any atom is 0.265 e. The summed E-state index contributed by atoms with van der Waals surface area (Å²) in [5.74, 6) is -0.269. The smallest absolute Gasteiger partial charge is 0.265 e. The van der Waals surface area contributed by atoms with E-state index < -0.39 is 5.91 Å². The van der Waals surface area contributed by atoms with Crippen LogP contribution in [0, 0.1) is 13.8 Å². The van der Waals surface area contributed by atoms with E-state index in [1.807, 2.05) is 32.0 Å². The molecule has 0 saturated carbocycles. The first-order valence-electron chi connectivity index (χ1n) is 7.38. The van der Waals surface area contributed by atoms with Gasteiger partial charge in [-0.1, -0.05) is 12.1 Å². The van der Waals surface area contributed by atoms with E-state index in [1.165, 1.54) is 12.3 Å². The van der Waals surface area contributed by atoms with Crippen molar-refractivity contribution in [3.8, 4) is 11.4 Å². The van der Waals surface area contributed by atoms with Gasteiger partial charge < -0.3 is 21.0 Å². The number of anilines is 1. The third-order valence-electron chi connectivity index (χ3n) is 3.77. The molecule has 2 amide bonds. The van der Waals surface area contributed by atoms with E-state index in [1.54, 1.807) is 6.07 Å². The van der Waals surface area contributed by atoms with E-state index in [2.05, 4.69) is 20.3 Å². The lowest BCUT2D eigenvalue weighted by Crippen LogP contribution is -2.13. The number of primary amides is 1. The number of amides is 2. The lowest BCUT2D eigenvalue weighted by molar-refractivity contribution is 0.0995. The Morgan fingerprint density at radius 1 is 1.21 bits per heavy atom. The van der Waals surface area contributed by atoms with Gasteiger partial charge in [0.05, 0.1) is 16.9 Å². The maximum absolute atomic E-state index is 12.4. The number of H-pyrrole nitrogens is 2. The van der Waals surface area contributed by atoms with Crippen molar-refractivity contribution < 1.29 is 9.59 Å². The third kappa shape index (κ3) is 2.91. The number of nitrogens with zero attached hydrogens (tertiary/aromatic N) is 1. The topological polar surface area (TPSA) is 117 Å². The number of nitrogens with two attached hydrogens (primary N) is 1. The molecule has 0 aliphatic carbocycles. The number of aryl methyl sites for hydroxylation is 2. The second-order valence-electron chi connectivity index (χ2n) is 5.46. The molecule has 3 rings (SSSR count). The second-order valence-corrected chi connectivity index (χ2v) is 5.46. The molecule has 0 saturated heterocycles. The van der Waals surface area contributed by atoms with Crippen molar-refractivity contribution in [2.75, 3.05) is 5.32 Å². The first-order valence-corrected chi connectivity index (χ1v) is 7.38. The van der Waals surface area contributed by atoms with Gasteiger partial charge in [-0.15, -0.1) is 0 Å². The number of benzene rings is 1. The van der Waals surface area contributed by atoms with Crippen LogP contribution in [0.15, 0.2) is 36.5 Å². The Kier molecular flexibility index (Phi) is 3.91. The van der Waals surface area contributed by atoms with Crippen molar-refractivity contribution in [3.05, 3.63) is 59.2 Å². The Bertz CT molecular complexity index is 903. The van der Waals surface area contributed by atoms with E-state index in [0.717, 1.165) is 17.0 Å². The van der Waals surface area contributed by atoms with Gasteiger partial charge in [0, 0.05) is 17.5 Å². The largest absolute Gasteiger partial charge is 0.364 e. The van der Waals surface area contributed by atoms with Crippen molar-refractivity contribution in [1.29, 1.82) is 0 Å². The minimum atomic E-state index is -0.615. The minimum absolute atomic E-state index is 0.186. The summed E-state index contributed by atoms with van der Waals surface area (Å²) >= 11 is 0. The average Bonchev–Trinajstić information content (AvgIpc) is 3.16. The van der Waals surface area contributed by atoms with E-state index in [4.69, 9.17) is 5.73 Å². The zero-order chi connectivity index (χ0) is 17.3. The van der Waals surface area contributed by atoms with Crippen molar-refractivity contribution in [3.63, 3.8) is 0 Å². The molecule has 1 aromatic carbocycles. The SMILES string of the molecule is Cc1nc(-c2ccccc2NC(=O)c2c[nH]c(C(N)=O)c2)[nH]c1C. The van der Waals surface area contributed by atoms with Gasteiger partial charge in [0.15, 0.2) is 0 Å². The molecule has 7 nitrogen and oxygen atoms in total. The van der Waals surface area contributed by atoms with Gasteiger partial charge in [-0.2, -0.15) is 0 Å². The Hall–Kier alpha value is -3.35. The molecule has 0 radical (unpaired) electrons. The summed E-state index contributed by atoms with van der Waals surface area (Å²) in [5, 5.41) is 2.84. The quantitative estimate of drug-likeness (QED) is 0.590. The summed E-state index contributed by atoms with van der Waals surface area (Å²) in [6.45, 7) is 3.86. The summed E-state index contributed by atoms with van der Waals surface area (Å²) in [5.41, 5.74) is 8.98. The Balaban J connectivity index is 1.90. The monoisotopic (exact) mass is 323 g/mol. The third-order valence-corrected chi connectivity index (χ3v) is 3.77. The van der Waals surface area contributed by atoms with Crippen LogP contribution in [0.3, 0.4) is 0 Å². The number of hydrogen-bond donors (Lipinski definition) is 4. The zero-order valence-corrected chi connectivity index (χ0v) is 13.3.